The van der Waals surface area contributed by atoms with Gasteiger partial charge in [-0.25, -0.2) is 0 Å². The second kappa shape index (κ2) is 23.2. The van der Waals surface area contributed by atoms with Gasteiger partial charge in [0.1, 0.15) is 17.1 Å². The standard InChI is InChI=1S/C83H65N5S/c1-82(2,3)67-38-26-59(27-39-67)65-36-49-76-73(52-65)74-53-66(60-28-40-68(41-29-60)83(4,5)6)37-50-77(74)88(76)71-46-34-61(35-47-71)72-48-51-78(81-80(72)85-89-86-81)87(69-42-30-57(31-43-69)55-16-10-7-11-17-55)70-44-32-58(33-45-70)56-22-24-62(25-23-56)75(54-84)79(63-18-12-8-13-19-63)64-20-14-9-15-21-64/h7-53H,1-6H3. The molecule has 428 valence electrons. The van der Waals surface area contributed by atoms with Gasteiger partial charge in [0.15, 0.2) is 0 Å². The van der Waals surface area contributed by atoms with Crippen LogP contribution in [0.15, 0.2) is 285 Å². The van der Waals surface area contributed by atoms with Crippen LogP contribution in [0.25, 0.3) is 105 Å². The molecule has 0 saturated heterocycles. The van der Waals surface area contributed by atoms with E-state index in [4.69, 9.17) is 8.75 Å². The molecule has 0 aliphatic rings. The van der Waals surface area contributed by atoms with Crippen molar-refractivity contribution in [2.45, 2.75) is 52.4 Å². The lowest BCUT2D eigenvalue weighted by Crippen LogP contribution is -2.10. The number of nitriles is 1. The first-order valence-corrected chi connectivity index (χ1v) is 31.2. The third-order valence-electron chi connectivity index (χ3n) is 17.4. The average molecular weight is 1160 g/mol. The molecule has 0 amide bonds. The number of allylic oxidation sites excluding steroid dienone is 1. The van der Waals surface area contributed by atoms with Gasteiger partial charge in [0.05, 0.1) is 34.0 Å². The molecule has 0 aliphatic carbocycles. The molecule has 0 bridgehead atoms. The van der Waals surface area contributed by atoms with Crippen LogP contribution >= 0.6 is 11.7 Å². The zero-order valence-electron chi connectivity index (χ0n) is 50.8. The Morgan fingerprint density at radius 2 is 0.775 bits per heavy atom. The van der Waals surface area contributed by atoms with E-state index in [1.807, 2.05) is 36.4 Å². The molecule has 14 aromatic rings. The first-order chi connectivity index (χ1) is 43.3. The van der Waals surface area contributed by atoms with E-state index in [1.165, 1.54) is 55.9 Å². The number of nitrogens with zero attached hydrogens (tertiary/aromatic N) is 5. The SMILES string of the molecule is CC(C)(C)c1ccc(-c2ccc3c(c2)c2cc(-c4ccc(C(C)(C)C)cc4)ccc2n3-c2ccc(-c3ccc(N(c4ccc(-c5ccccc5)cc4)c4ccc(-c5ccc(C(C#N)=C(c6ccccc6)c6ccccc6)cc5)cc4)c4nsnc34)cc2)cc1. The van der Waals surface area contributed by atoms with Crippen molar-refractivity contribution in [2.24, 2.45) is 0 Å². The third kappa shape index (κ3) is 10.9. The number of fused-ring (bicyclic) bond motifs is 4. The van der Waals surface area contributed by atoms with Crippen LogP contribution in [0.5, 0.6) is 0 Å². The van der Waals surface area contributed by atoms with E-state index >= 15 is 0 Å². The maximum atomic E-state index is 10.7. The zero-order chi connectivity index (χ0) is 60.8. The lowest BCUT2D eigenvalue weighted by atomic mass is 9.86. The van der Waals surface area contributed by atoms with E-state index in [0.29, 0.717) is 5.57 Å². The highest BCUT2D eigenvalue weighted by Gasteiger charge is 2.23. The highest BCUT2D eigenvalue weighted by atomic mass is 32.1. The molecule has 89 heavy (non-hydrogen) atoms. The number of hydrogen-bond acceptors (Lipinski definition) is 5. The van der Waals surface area contributed by atoms with Crippen LogP contribution in [0.3, 0.4) is 0 Å². The van der Waals surface area contributed by atoms with Gasteiger partial charge in [-0.1, -0.05) is 254 Å². The normalized spacial score (nSPS) is 11.7. The van der Waals surface area contributed by atoms with Crippen molar-refractivity contribution in [2.75, 3.05) is 4.90 Å². The summed E-state index contributed by atoms with van der Waals surface area (Å²) in [4.78, 5) is 2.29. The van der Waals surface area contributed by atoms with Gasteiger partial charge in [0, 0.05) is 39.0 Å². The Hall–Kier alpha value is -10.7. The van der Waals surface area contributed by atoms with E-state index in [0.717, 1.165) is 100 Å². The minimum Gasteiger partial charge on any atom is -0.309 e. The van der Waals surface area contributed by atoms with E-state index in [1.54, 1.807) is 0 Å². The molecule has 12 aromatic carbocycles. The molecule has 0 radical (unpaired) electrons. The fourth-order valence-electron chi connectivity index (χ4n) is 12.5. The molecule has 0 saturated carbocycles. The minimum atomic E-state index is 0.0755. The highest BCUT2D eigenvalue weighted by Crippen LogP contribution is 2.44. The van der Waals surface area contributed by atoms with Crippen LogP contribution < -0.4 is 4.90 Å². The largest absolute Gasteiger partial charge is 0.309 e. The van der Waals surface area contributed by atoms with Crippen molar-refractivity contribution < 1.29 is 0 Å². The second-order valence-electron chi connectivity index (χ2n) is 25.1. The molecule has 5 nitrogen and oxygen atoms in total. The average Bonchev–Trinajstić information content (AvgIpc) is 1.72. The molecule has 0 unspecified atom stereocenters. The number of hydrogen-bond donors (Lipinski definition) is 0. The molecule has 0 aliphatic heterocycles. The molecule has 0 spiro atoms. The molecule has 0 atom stereocenters. The van der Waals surface area contributed by atoms with Crippen LogP contribution in [0.4, 0.5) is 17.1 Å². The number of rotatable bonds is 12. The van der Waals surface area contributed by atoms with Crippen LogP contribution in [0.2, 0.25) is 0 Å². The van der Waals surface area contributed by atoms with E-state index in [2.05, 4.69) is 306 Å². The van der Waals surface area contributed by atoms with E-state index in [-0.39, 0.29) is 10.8 Å². The molecular weight excluding hydrogens is 1100 g/mol. The molecule has 2 aromatic heterocycles. The Morgan fingerprint density at radius 1 is 0.382 bits per heavy atom. The Bertz CT molecular complexity index is 4790. The molecule has 2 heterocycles. The van der Waals surface area contributed by atoms with Crippen molar-refractivity contribution in [1.29, 1.82) is 5.26 Å². The Balaban J connectivity index is 0.816. The van der Waals surface area contributed by atoms with Gasteiger partial charge in [-0.2, -0.15) is 14.0 Å². The lowest BCUT2D eigenvalue weighted by molar-refractivity contribution is 0.590. The van der Waals surface area contributed by atoms with Crippen molar-refractivity contribution in [3.63, 3.8) is 0 Å². The summed E-state index contributed by atoms with van der Waals surface area (Å²) < 4.78 is 12.5. The number of benzene rings is 12. The van der Waals surface area contributed by atoms with Gasteiger partial charge in [-0.3, -0.25) is 0 Å². The van der Waals surface area contributed by atoms with Crippen molar-refractivity contribution in [1.82, 2.24) is 13.3 Å². The molecule has 0 fully saturated rings. The summed E-state index contributed by atoms with van der Waals surface area (Å²) in [5.41, 5.74) is 26.5. The second-order valence-corrected chi connectivity index (χ2v) is 25.6. The number of anilines is 3. The van der Waals surface area contributed by atoms with Crippen LogP contribution in [0, 0.1) is 11.3 Å². The van der Waals surface area contributed by atoms with Gasteiger partial charge in [0.25, 0.3) is 0 Å². The summed E-state index contributed by atoms with van der Waals surface area (Å²) in [5, 5.41) is 13.1. The topological polar surface area (TPSA) is 57.7 Å². The first-order valence-electron chi connectivity index (χ1n) is 30.4. The minimum absolute atomic E-state index is 0.0755. The Kier molecular flexibility index (Phi) is 14.6. The summed E-state index contributed by atoms with van der Waals surface area (Å²) in [7, 11) is 0. The van der Waals surface area contributed by atoms with Gasteiger partial charge in [-0.05, 0) is 162 Å². The van der Waals surface area contributed by atoms with Crippen molar-refractivity contribution >= 4 is 72.8 Å². The fourth-order valence-corrected chi connectivity index (χ4v) is 13.0. The maximum Gasteiger partial charge on any atom is 0.129 e. The van der Waals surface area contributed by atoms with Crippen molar-refractivity contribution in [3.8, 4) is 67.4 Å². The molecule has 6 heteroatoms. The summed E-state index contributed by atoms with van der Waals surface area (Å²) in [5.74, 6) is 0. The van der Waals surface area contributed by atoms with Gasteiger partial charge in [0.2, 0.25) is 0 Å². The van der Waals surface area contributed by atoms with Gasteiger partial charge >= 0.3 is 0 Å². The monoisotopic (exact) mass is 1160 g/mol. The molecular formula is C83H65N5S. The smallest absolute Gasteiger partial charge is 0.129 e. The summed E-state index contributed by atoms with van der Waals surface area (Å²) in [6.07, 6.45) is 0. The maximum absolute atomic E-state index is 10.7. The highest BCUT2D eigenvalue weighted by molar-refractivity contribution is 7.00. The molecule has 14 rings (SSSR count). The molecule has 0 N–H and O–H groups in total. The van der Waals surface area contributed by atoms with E-state index in [9.17, 15) is 5.26 Å². The van der Waals surface area contributed by atoms with Gasteiger partial charge < -0.3 is 9.47 Å². The summed E-state index contributed by atoms with van der Waals surface area (Å²) in [6, 6.07) is 105. The Morgan fingerprint density at radius 3 is 1.24 bits per heavy atom. The summed E-state index contributed by atoms with van der Waals surface area (Å²) >= 11 is 1.24. The van der Waals surface area contributed by atoms with Crippen LogP contribution in [0.1, 0.15) is 69.4 Å². The van der Waals surface area contributed by atoms with Crippen LogP contribution in [-0.2, 0) is 10.8 Å². The summed E-state index contributed by atoms with van der Waals surface area (Å²) in [6.45, 7) is 13.6. The van der Waals surface area contributed by atoms with Crippen LogP contribution in [-0.4, -0.2) is 13.3 Å². The van der Waals surface area contributed by atoms with Crippen molar-refractivity contribution in [3.05, 3.63) is 313 Å². The fraction of sp³-hybridized carbons (Fsp3) is 0.0964. The van der Waals surface area contributed by atoms with Gasteiger partial charge in [-0.15, -0.1) is 0 Å². The lowest BCUT2D eigenvalue weighted by Gasteiger charge is -2.26. The Labute approximate surface area is 525 Å². The zero-order valence-corrected chi connectivity index (χ0v) is 51.6. The predicted octanol–water partition coefficient (Wildman–Crippen LogP) is 22.7. The quantitative estimate of drug-likeness (QED) is 0.0903. The third-order valence-corrected chi connectivity index (χ3v) is 17.9. The number of aromatic nitrogens is 3. The van der Waals surface area contributed by atoms with E-state index < -0.39 is 0 Å². The predicted molar refractivity (Wildman–Crippen MR) is 375 cm³/mol. The first kappa shape index (κ1) is 56.1.